The predicted molar refractivity (Wildman–Crippen MR) is 171 cm³/mol. The second-order valence-corrected chi connectivity index (χ2v) is 13.2. The minimum absolute atomic E-state index is 0.0310. The van der Waals surface area contributed by atoms with Crippen molar-refractivity contribution >= 4 is 17.4 Å². The summed E-state index contributed by atoms with van der Waals surface area (Å²) >= 11 is 1.98. The summed E-state index contributed by atoms with van der Waals surface area (Å²) in [7, 11) is 4.22. The second-order valence-electron chi connectivity index (χ2n) is 12.1. The standard InChI is InChI=1S/C34H53N3O2S/c1-5-7-17-34(18-8-6-2)26-40-31-16-13-28(36(3)4)25-30(31)32(33(34)38)27-11-14-29(15-12-27)39-24-10-9-21-37-22-19-35-20-23-37/h11,13-14,16,19,22,25,32-33,35,38H,5-10,12,15,17-18,20-21,23-24,26H2,1-4H3/t32-,33-/m1/s1. The van der Waals surface area contributed by atoms with Gasteiger partial charge in [-0.2, -0.15) is 0 Å². The maximum atomic E-state index is 12.4. The third-order valence-corrected chi connectivity index (χ3v) is 10.4. The fourth-order valence-corrected chi connectivity index (χ4v) is 7.81. The molecule has 4 rings (SSSR count). The number of ether oxygens (including phenoxy) is 1. The van der Waals surface area contributed by atoms with Crippen LogP contribution in [0.5, 0.6) is 0 Å². The van der Waals surface area contributed by atoms with Crippen LogP contribution in [0.1, 0.15) is 89.5 Å². The van der Waals surface area contributed by atoms with Crippen molar-refractivity contribution in [3.8, 4) is 0 Å². The first-order valence-electron chi connectivity index (χ1n) is 15.8. The molecule has 0 saturated heterocycles. The van der Waals surface area contributed by atoms with E-state index in [0.717, 1.165) is 76.3 Å². The topological polar surface area (TPSA) is 48.0 Å². The Balaban J connectivity index is 1.52. The molecule has 2 atom stereocenters. The lowest BCUT2D eigenvalue weighted by molar-refractivity contribution is 0.0118. The highest BCUT2D eigenvalue weighted by Gasteiger charge is 2.45. The summed E-state index contributed by atoms with van der Waals surface area (Å²) in [6.07, 6.45) is 19.3. The number of unbranched alkanes of at least 4 members (excludes halogenated alkanes) is 3. The van der Waals surface area contributed by atoms with Crippen LogP contribution in [0, 0.1) is 5.41 Å². The predicted octanol–water partition coefficient (Wildman–Crippen LogP) is 7.45. The van der Waals surface area contributed by atoms with E-state index in [1.807, 2.05) is 18.0 Å². The molecule has 222 valence electrons. The van der Waals surface area contributed by atoms with Gasteiger partial charge in [-0.25, -0.2) is 0 Å². The highest BCUT2D eigenvalue weighted by molar-refractivity contribution is 7.99. The number of rotatable bonds is 14. The van der Waals surface area contributed by atoms with E-state index in [-0.39, 0.29) is 17.4 Å². The molecule has 0 spiro atoms. The number of nitrogens with zero attached hydrogens (tertiary/aromatic N) is 2. The van der Waals surface area contributed by atoms with Crippen LogP contribution in [-0.4, -0.2) is 62.2 Å². The maximum absolute atomic E-state index is 12.4. The molecule has 0 aromatic heterocycles. The highest BCUT2D eigenvalue weighted by atomic mass is 32.2. The van der Waals surface area contributed by atoms with Gasteiger partial charge in [-0.3, -0.25) is 0 Å². The van der Waals surface area contributed by atoms with Gasteiger partial charge in [-0.15, -0.1) is 11.8 Å². The molecule has 5 nitrogen and oxygen atoms in total. The molecule has 3 aliphatic rings. The van der Waals surface area contributed by atoms with Crippen molar-refractivity contribution in [3.63, 3.8) is 0 Å². The number of aliphatic hydroxyl groups is 1. The molecular weight excluding hydrogens is 514 g/mol. The average Bonchev–Trinajstić information content (AvgIpc) is 3.09. The molecule has 1 aromatic rings. The van der Waals surface area contributed by atoms with E-state index in [0.29, 0.717) is 0 Å². The van der Waals surface area contributed by atoms with Crippen LogP contribution in [0.4, 0.5) is 5.69 Å². The van der Waals surface area contributed by atoms with Gasteiger partial charge in [0.05, 0.1) is 18.5 Å². The smallest absolute Gasteiger partial charge is 0.0962 e. The molecule has 0 saturated carbocycles. The Morgan fingerprint density at radius 2 is 1.88 bits per heavy atom. The van der Waals surface area contributed by atoms with Gasteiger partial charge in [0.25, 0.3) is 0 Å². The minimum Gasteiger partial charge on any atom is -0.498 e. The van der Waals surface area contributed by atoms with Crippen molar-refractivity contribution in [1.82, 2.24) is 10.2 Å². The van der Waals surface area contributed by atoms with Crippen molar-refractivity contribution in [1.29, 1.82) is 0 Å². The first-order valence-corrected chi connectivity index (χ1v) is 16.7. The van der Waals surface area contributed by atoms with Crippen molar-refractivity contribution < 1.29 is 9.84 Å². The summed E-state index contributed by atoms with van der Waals surface area (Å²) in [5.41, 5.74) is 3.82. The summed E-state index contributed by atoms with van der Waals surface area (Å²) in [4.78, 5) is 5.90. The third kappa shape index (κ3) is 7.82. The van der Waals surface area contributed by atoms with Gasteiger partial charge in [-0.1, -0.05) is 51.2 Å². The van der Waals surface area contributed by atoms with E-state index in [1.165, 1.54) is 47.4 Å². The fraction of sp³-hybridized carbons (Fsp3) is 0.647. The van der Waals surface area contributed by atoms with Gasteiger partial charge in [0.1, 0.15) is 0 Å². The summed E-state index contributed by atoms with van der Waals surface area (Å²) in [6.45, 7) is 8.53. The summed E-state index contributed by atoms with van der Waals surface area (Å²) in [5, 5.41) is 15.6. The molecule has 0 bridgehead atoms. The lowest BCUT2D eigenvalue weighted by Gasteiger charge is -2.41. The molecular formula is C34H53N3O2S. The highest BCUT2D eigenvalue weighted by Crippen LogP contribution is 2.53. The van der Waals surface area contributed by atoms with Crippen molar-refractivity contribution in [2.45, 2.75) is 95.0 Å². The van der Waals surface area contributed by atoms with E-state index in [9.17, 15) is 5.11 Å². The quantitative estimate of drug-likeness (QED) is 0.228. The Kier molecular flexibility index (Phi) is 11.8. The molecule has 2 aliphatic heterocycles. The first kappa shape index (κ1) is 30.9. The van der Waals surface area contributed by atoms with Crippen LogP contribution in [0.2, 0.25) is 0 Å². The normalized spacial score (nSPS) is 22.1. The second kappa shape index (κ2) is 15.3. The minimum atomic E-state index is -0.377. The molecule has 0 radical (unpaired) electrons. The van der Waals surface area contributed by atoms with Crippen LogP contribution in [0.15, 0.2) is 59.0 Å². The van der Waals surface area contributed by atoms with E-state index in [1.54, 1.807) is 0 Å². The molecule has 2 heterocycles. The average molecular weight is 568 g/mol. The van der Waals surface area contributed by atoms with E-state index in [4.69, 9.17) is 4.74 Å². The van der Waals surface area contributed by atoms with E-state index < -0.39 is 0 Å². The van der Waals surface area contributed by atoms with Crippen molar-refractivity contribution in [3.05, 3.63) is 59.6 Å². The number of allylic oxidation sites excluding steroid dienone is 3. The van der Waals surface area contributed by atoms with Crippen LogP contribution in [0.25, 0.3) is 0 Å². The van der Waals surface area contributed by atoms with Gasteiger partial charge in [0, 0.05) is 80.2 Å². The monoisotopic (exact) mass is 567 g/mol. The summed E-state index contributed by atoms with van der Waals surface area (Å²) in [5.74, 6) is 2.12. The molecule has 1 aliphatic carbocycles. The van der Waals surface area contributed by atoms with Crippen LogP contribution in [-0.2, 0) is 4.74 Å². The zero-order chi connectivity index (χ0) is 28.4. The summed E-state index contributed by atoms with van der Waals surface area (Å²) in [6, 6.07) is 6.88. The number of hydrogen-bond acceptors (Lipinski definition) is 6. The Labute approximate surface area is 248 Å². The number of aliphatic hydroxyl groups excluding tert-OH is 1. The largest absolute Gasteiger partial charge is 0.498 e. The first-order chi connectivity index (χ1) is 19.5. The van der Waals surface area contributed by atoms with E-state index in [2.05, 4.69) is 79.6 Å². The van der Waals surface area contributed by atoms with Crippen molar-refractivity contribution in [2.24, 2.45) is 5.41 Å². The molecule has 1 aromatic carbocycles. The maximum Gasteiger partial charge on any atom is 0.0962 e. The lowest BCUT2D eigenvalue weighted by Crippen LogP contribution is -2.41. The molecule has 2 N–H and O–H groups in total. The molecule has 6 heteroatoms. The lowest BCUT2D eigenvalue weighted by atomic mass is 9.67. The molecule has 0 amide bonds. The number of fused-ring (bicyclic) bond motifs is 1. The number of anilines is 1. The summed E-state index contributed by atoms with van der Waals surface area (Å²) < 4.78 is 6.22. The van der Waals surface area contributed by atoms with Gasteiger partial charge in [0.2, 0.25) is 0 Å². The van der Waals surface area contributed by atoms with Crippen molar-refractivity contribution in [2.75, 3.05) is 51.0 Å². The zero-order valence-corrected chi connectivity index (χ0v) is 26.3. The van der Waals surface area contributed by atoms with Gasteiger partial charge in [0.15, 0.2) is 0 Å². The van der Waals surface area contributed by atoms with Gasteiger partial charge >= 0.3 is 0 Å². The number of hydrogen-bond donors (Lipinski definition) is 2. The molecule has 0 fully saturated rings. The van der Waals surface area contributed by atoms with Gasteiger partial charge < -0.3 is 25.0 Å². The Hall–Kier alpha value is -2.05. The Bertz CT molecular complexity index is 1030. The van der Waals surface area contributed by atoms with Crippen LogP contribution in [0.3, 0.4) is 0 Å². The number of thioether (sulfide) groups is 1. The Morgan fingerprint density at radius 3 is 2.52 bits per heavy atom. The molecule has 0 unspecified atom stereocenters. The van der Waals surface area contributed by atoms with Gasteiger partial charge in [-0.05, 0) is 61.9 Å². The number of nitrogens with one attached hydrogen (secondary N) is 1. The molecule has 40 heavy (non-hydrogen) atoms. The van der Waals surface area contributed by atoms with Crippen LogP contribution < -0.4 is 10.2 Å². The zero-order valence-electron chi connectivity index (χ0n) is 25.5. The number of benzene rings is 1. The SMILES string of the molecule is CCCCC1(CCCC)CSc2ccc(N(C)C)cc2[C@@H](C2=CC=C(OCCCCN3C=CNCC3)CC2)[C@H]1O. The van der Waals surface area contributed by atoms with E-state index >= 15 is 0 Å². The third-order valence-electron chi connectivity index (χ3n) is 8.98. The van der Waals surface area contributed by atoms with Crippen LogP contribution >= 0.6 is 11.8 Å². The fourth-order valence-electron chi connectivity index (χ4n) is 6.39. The Morgan fingerprint density at radius 1 is 1.07 bits per heavy atom.